The average molecular weight is 203 g/mol. The van der Waals surface area contributed by atoms with Crippen LogP contribution in [0.5, 0.6) is 0 Å². The molecule has 2 aliphatic carbocycles. The van der Waals surface area contributed by atoms with E-state index in [1.165, 1.54) is 5.57 Å². The van der Waals surface area contributed by atoms with Crippen LogP contribution in [0.25, 0.3) is 0 Å². The van der Waals surface area contributed by atoms with Gasteiger partial charge in [0.2, 0.25) is 0 Å². The van der Waals surface area contributed by atoms with Crippen LogP contribution in [0.2, 0.25) is 0 Å². The Morgan fingerprint density at radius 1 is 1.20 bits per heavy atom. The van der Waals surface area contributed by atoms with Gasteiger partial charge in [-0.2, -0.15) is 0 Å². The molecule has 0 aromatic heterocycles. The van der Waals surface area contributed by atoms with Crippen LogP contribution < -0.4 is 5.73 Å². The van der Waals surface area contributed by atoms with Gasteiger partial charge < -0.3 is 10.5 Å². The van der Waals surface area contributed by atoms with E-state index in [1.807, 2.05) is 6.08 Å². The topological polar surface area (TPSA) is 35.2 Å². The molecule has 2 nitrogen and oxygen atoms in total. The first-order chi connectivity index (χ1) is 7.38. The van der Waals surface area contributed by atoms with E-state index in [-0.39, 0.29) is 0 Å². The molecule has 80 valence electrons. The zero-order valence-corrected chi connectivity index (χ0v) is 8.91. The molecule has 2 heteroatoms. The highest BCUT2D eigenvalue weighted by molar-refractivity contribution is 5.27. The van der Waals surface area contributed by atoms with Crippen molar-refractivity contribution >= 4 is 0 Å². The average Bonchev–Trinajstić information content (AvgIpc) is 2.31. The number of ether oxygens (including phenoxy) is 1. The summed E-state index contributed by atoms with van der Waals surface area (Å²) in [6, 6.07) is 0. The first kappa shape index (κ1) is 10.2. The van der Waals surface area contributed by atoms with E-state index in [0.717, 1.165) is 37.2 Å². The fraction of sp³-hybridized carbons (Fsp3) is 0.385. The molecule has 0 amide bonds. The van der Waals surface area contributed by atoms with Crippen molar-refractivity contribution in [1.29, 1.82) is 0 Å². The van der Waals surface area contributed by atoms with Crippen LogP contribution in [-0.4, -0.2) is 6.54 Å². The first-order valence-electron chi connectivity index (χ1n) is 5.52. The van der Waals surface area contributed by atoms with Crippen LogP contribution in [0.15, 0.2) is 47.5 Å². The molecule has 2 N–H and O–H groups in total. The van der Waals surface area contributed by atoms with Gasteiger partial charge in [0.1, 0.15) is 11.5 Å². The minimum Gasteiger partial charge on any atom is -0.466 e. The minimum absolute atomic E-state index is 0.603. The van der Waals surface area contributed by atoms with E-state index in [0.29, 0.717) is 6.54 Å². The maximum atomic E-state index is 5.84. The maximum absolute atomic E-state index is 5.84. The third-order valence-electron chi connectivity index (χ3n) is 2.62. The molecule has 2 aliphatic rings. The molecule has 0 saturated carbocycles. The van der Waals surface area contributed by atoms with Gasteiger partial charge in [-0.1, -0.05) is 18.2 Å². The maximum Gasteiger partial charge on any atom is 0.104 e. The second-order valence-electron chi connectivity index (χ2n) is 3.83. The fourth-order valence-electron chi connectivity index (χ4n) is 1.79. The fourth-order valence-corrected chi connectivity index (χ4v) is 1.79. The Kier molecular flexibility index (Phi) is 3.41. The second kappa shape index (κ2) is 4.99. The zero-order valence-electron chi connectivity index (χ0n) is 8.91. The molecule has 0 unspecified atom stereocenters. The van der Waals surface area contributed by atoms with Gasteiger partial charge in [0.25, 0.3) is 0 Å². The molecule has 0 aliphatic heterocycles. The summed E-state index contributed by atoms with van der Waals surface area (Å²) in [5.41, 5.74) is 6.79. The highest BCUT2D eigenvalue weighted by Gasteiger charge is 2.08. The molecule has 0 atom stereocenters. The summed E-state index contributed by atoms with van der Waals surface area (Å²) in [5.74, 6) is 2.13. The highest BCUT2D eigenvalue weighted by Crippen LogP contribution is 2.23. The van der Waals surface area contributed by atoms with Crippen molar-refractivity contribution in [3.8, 4) is 0 Å². The van der Waals surface area contributed by atoms with Crippen molar-refractivity contribution in [2.45, 2.75) is 25.7 Å². The summed E-state index contributed by atoms with van der Waals surface area (Å²) in [5, 5.41) is 0. The Morgan fingerprint density at radius 3 is 2.80 bits per heavy atom. The van der Waals surface area contributed by atoms with E-state index in [1.54, 1.807) is 0 Å². The lowest BCUT2D eigenvalue weighted by Crippen LogP contribution is -2.06. The standard InChI is InChI=1S/C13H17NO/c14-10-11-5-4-8-13(9-11)15-12-6-2-1-3-7-12/h1-2,5-6,9H,3-4,7-8,10,14H2. The summed E-state index contributed by atoms with van der Waals surface area (Å²) in [4.78, 5) is 0. The Morgan fingerprint density at radius 2 is 2.07 bits per heavy atom. The number of nitrogens with two attached hydrogens (primary N) is 1. The summed E-state index contributed by atoms with van der Waals surface area (Å²) >= 11 is 0. The Bertz CT molecular complexity index is 348. The van der Waals surface area contributed by atoms with Crippen LogP contribution in [0.4, 0.5) is 0 Å². The molecular weight excluding hydrogens is 186 g/mol. The van der Waals surface area contributed by atoms with Gasteiger partial charge >= 0.3 is 0 Å². The molecule has 0 heterocycles. The number of allylic oxidation sites excluding steroid dienone is 6. The van der Waals surface area contributed by atoms with Crippen LogP contribution >= 0.6 is 0 Å². The monoisotopic (exact) mass is 203 g/mol. The van der Waals surface area contributed by atoms with E-state index < -0.39 is 0 Å². The van der Waals surface area contributed by atoms with Gasteiger partial charge in [0, 0.05) is 19.4 Å². The van der Waals surface area contributed by atoms with E-state index in [4.69, 9.17) is 10.5 Å². The van der Waals surface area contributed by atoms with Crippen LogP contribution in [0.3, 0.4) is 0 Å². The molecule has 0 fully saturated rings. The Balaban J connectivity index is 2.00. The van der Waals surface area contributed by atoms with Crippen molar-refractivity contribution < 1.29 is 4.74 Å². The predicted octanol–water partition coefficient (Wildman–Crippen LogP) is 2.80. The Hall–Kier alpha value is -1.28. The lowest BCUT2D eigenvalue weighted by Gasteiger charge is -2.17. The van der Waals surface area contributed by atoms with Crippen LogP contribution in [-0.2, 0) is 4.74 Å². The molecule has 0 aromatic rings. The Labute approximate surface area is 90.8 Å². The third-order valence-corrected chi connectivity index (χ3v) is 2.62. The molecule has 15 heavy (non-hydrogen) atoms. The van der Waals surface area contributed by atoms with Crippen molar-refractivity contribution in [3.63, 3.8) is 0 Å². The van der Waals surface area contributed by atoms with E-state index in [2.05, 4.69) is 24.3 Å². The van der Waals surface area contributed by atoms with Gasteiger partial charge in [-0.15, -0.1) is 0 Å². The van der Waals surface area contributed by atoms with Gasteiger partial charge in [0.05, 0.1) is 0 Å². The number of rotatable bonds is 3. The first-order valence-corrected chi connectivity index (χ1v) is 5.52. The van der Waals surface area contributed by atoms with Gasteiger partial charge in [-0.3, -0.25) is 0 Å². The normalized spacial score (nSPS) is 20.5. The summed E-state index contributed by atoms with van der Waals surface area (Å²) in [6.45, 7) is 0.603. The minimum atomic E-state index is 0.603. The predicted molar refractivity (Wildman–Crippen MR) is 62.0 cm³/mol. The molecular formula is C13H17NO. The second-order valence-corrected chi connectivity index (χ2v) is 3.83. The van der Waals surface area contributed by atoms with Crippen molar-refractivity contribution in [1.82, 2.24) is 0 Å². The molecule has 2 rings (SSSR count). The molecule has 0 bridgehead atoms. The quantitative estimate of drug-likeness (QED) is 0.765. The zero-order chi connectivity index (χ0) is 10.5. The molecule has 0 spiro atoms. The van der Waals surface area contributed by atoms with Crippen LogP contribution in [0.1, 0.15) is 25.7 Å². The molecule has 0 aromatic carbocycles. The van der Waals surface area contributed by atoms with Gasteiger partial charge in [-0.05, 0) is 30.6 Å². The van der Waals surface area contributed by atoms with Gasteiger partial charge in [0.15, 0.2) is 0 Å². The van der Waals surface area contributed by atoms with Crippen molar-refractivity contribution in [2.75, 3.05) is 6.54 Å². The molecule has 0 saturated heterocycles. The summed E-state index contributed by atoms with van der Waals surface area (Å²) in [7, 11) is 0. The summed E-state index contributed by atoms with van der Waals surface area (Å²) in [6.07, 6.45) is 14.6. The van der Waals surface area contributed by atoms with E-state index >= 15 is 0 Å². The molecule has 0 radical (unpaired) electrons. The largest absolute Gasteiger partial charge is 0.466 e. The number of hydrogen-bond donors (Lipinski definition) is 1. The lowest BCUT2D eigenvalue weighted by molar-refractivity contribution is 0.275. The third kappa shape index (κ3) is 2.83. The van der Waals surface area contributed by atoms with Gasteiger partial charge in [-0.25, -0.2) is 0 Å². The van der Waals surface area contributed by atoms with Crippen molar-refractivity contribution in [2.24, 2.45) is 5.73 Å². The summed E-state index contributed by atoms with van der Waals surface area (Å²) < 4.78 is 5.84. The SMILES string of the molecule is NCC1=CCCC(OC2=CC=CCC2)=C1. The smallest absolute Gasteiger partial charge is 0.104 e. The van der Waals surface area contributed by atoms with Crippen LogP contribution in [0, 0.1) is 0 Å². The van der Waals surface area contributed by atoms with Crippen molar-refractivity contribution in [3.05, 3.63) is 47.5 Å². The lowest BCUT2D eigenvalue weighted by atomic mass is 10.1. The number of hydrogen-bond acceptors (Lipinski definition) is 2. The van der Waals surface area contributed by atoms with E-state index in [9.17, 15) is 0 Å². The highest BCUT2D eigenvalue weighted by atomic mass is 16.5.